The summed E-state index contributed by atoms with van der Waals surface area (Å²) in [6.45, 7) is 4.59. The Morgan fingerprint density at radius 2 is 2.15 bits per heavy atom. The zero-order valence-corrected chi connectivity index (χ0v) is 12.9. The molecule has 2 unspecified atom stereocenters. The van der Waals surface area contributed by atoms with E-state index in [2.05, 4.69) is 5.10 Å². The monoisotopic (exact) mass is 313 g/mol. The smallest absolute Gasteiger partial charge is 0.121 e. The van der Waals surface area contributed by atoms with Crippen LogP contribution in [0.1, 0.15) is 25.6 Å². The highest BCUT2D eigenvalue weighted by Gasteiger charge is 2.23. The van der Waals surface area contributed by atoms with Gasteiger partial charge in [-0.25, -0.2) is 0 Å². The molecule has 0 aliphatic heterocycles. The Hall–Kier alpha value is -1.23. The molecule has 0 saturated heterocycles. The van der Waals surface area contributed by atoms with Gasteiger partial charge in [0.15, 0.2) is 0 Å². The molecule has 0 aliphatic rings. The molecule has 0 spiro atoms. The molecular formula is C14H17Cl2N3O. The molecule has 0 aliphatic carbocycles. The van der Waals surface area contributed by atoms with Crippen LogP contribution in [-0.2, 0) is 6.54 Å². The molecule has 1 aromatic heterocycles. The van der Waals surface area contributed by atoms with Crippen molar-refractivity contribution in [3.05, 3.63) is 46.2 Å². The summed E-state index contributed by atoms with van der Waals surface area (Å²) in [5.41, 5.74) is 7.02. The number of hydrogen-bond donors (Lipinski definition) is 1. The first kappa shape index (κ1) is 15.2. The van der Waals surface area contributed by atoms with Gasteiger partial charge in [0.1, 0.15) is 11.9 Å². The van der Waals surface area contributed by atoms with E-state index in [1.54, 1.807) is 23.0 Å². The van der Waals surface area contributed by atoms with E-state index < -0.39 is 0 Å². The average molecular weight is 314 g/mol. The van der Waals surface area contributed by atoms with Gasteiger partial charge >= 0.3 is 0 Å². The van der Waals surface area contributed by atoms with Gasteiger partial charge in [0.05, 0.1) is 23.0 Å². The fraction of sp³-hybridized carbons (Fsp3) is 0.357. The standard InChI is InChI=1S/C14H17Cl2N3O/c1-3-19-14(12(16)8-18-19)13(17)9(2)20-11-6-4-5-10(15)7-11/h4-9,13H,3,17H2,1-2H3. The highest BCUT2D eigenvalue weighted by Crippen LogP contribution is 2.26. The summed E-state index contributed by atoms with van der Waals surface area (Å²) in [7, 11) is 0. The first-order valence-electron chi connectivity index (χ1n) is 6.42. The van der Waals surface area contributed by atoms with Crippen LogP contribution in [0.15, 0.2) is 30.5 Å². The molecule has 0 radical (unpaired) electrons. The van der Waals surface area contributed by atoms with E-state index in [1.165, 1.54) is 0 Å². The van der Waals surface area contributed by atoms with Crippen molar-refractivity contribution >= 4 is 23.2 Å². The Kier molecular flexibility index (Phi) is 4.91. The van der Waals surface area contributed by atoms with Crippen LogP contribution in [0.4, 0.5) is 0 Å². The summed E-state index contributed by atoms with van der Waals surface area (Å²) in [5, 5.41) is 5.37. The van der Waals surface area contributed by atoms with Crippen molar-refractivity contribution in [3.8, 4) is 5.75 Å². The van der Waals surface area contributed by atoms with E-state index in [1.807, 2.05) is 26.0 Å². The van der Waals surface area contributed by atoms with E-state index >= 15 is 0 Å². The Bertz CT molecular complexity index is 586. The molecular weight excluding hydrogens is 297 g/mol. The molecule has 2 atom stereocenters. The Morgan fingerprint density at radius 1 is 1.40 bits per heavy atom. The van der Waals surface area contributed by atoms with Crippen LogP contribution in [0.2, 0.25) is 10.0 Å². The molecule has 0 fully saturated rings. The van der Waals surface area contributed by atoms with Crippen molar-refractivity contribution in [2.24, 2.45) is 5.73 Å². The van der Waals surface area contributed by atoms with Gasteiger partial charge < -0.3 is 10.5 Å². The van der Waals surface area contributed by atoms with Gasteiger partial charge in [0.25, 0.3) is 0 Å². The number of nitrogens with zero attached hydrogens (tertiary/aromatic N) is 2. The van der Waals surface area contributed by atoms with Crippen molar-refractivity contribution in [2.45, 2.75) is 32.5 Å². The van der Waals surface area contributed by atoms with Crippen molar-refractivity contribution in [1.29, 1.82) is 0 Å². The number of halogens is 2. The quantitative estimate of drug-likeness (QED) is 0.916. The van der Waals surface area contributed by atoms with E-state index in [0.717, 1.165) is 5.69 Å². The van der Waals surface area contributed by atoms with E-state index in [-0.39, 0.29) is 12.1 Å². The lowest BCUT2D eigenvalue weighted by Crippen LogP contribution is -2.31. The van der Waals surface area contributed by atoms with E-state index in [0.29, 0.717) is 22.3 Å². The largest absolute Gasteiger partial charge is 0.489 e. The minimum absolute atomic E-state index is 0.257. The molecule has 2 aromatic rings. The average Bonchev–Trinajstić information content (AvgIpc) is 2.79. The van der Waals surface area contributed by atoms with Gasteiger partial charge in [0, 0.05) is 11.6 Å². The molecule has 0 saturated carbocycles. The molecule has 20 heavy (non-hydrogen) atoms. The maximum Gasteiger partial charge on any atom is 0.121 e. The van der Waals surface area contributed by atoms with Gasteiger partial charge in [-0.15, -0.1) is 0 Å². The maximum atomic E-state index is 6.24. The molecule has 6 heteroatoms. The molecule has 1 heterocycles. The van der Waals surface area contributed by atoms with Crippen LogP contribution >= 0.6 is 23.2 Å². The minimum atomic E-state index is -0.371. The normalized spacial score (nSPS) is 14.1. The molecule has 0 bridgehead atoms. The summed E-state index contributed by atoms with van der Waals surface area (Å²) < 4.78 is 7.61. The third kappa shape index (κ3) is 3.26. The fourth-order valence-corrected chi connectivity index (χ4v) is 2.45. The Morgan fingerprint density at radius 3 is 2.80 bits per heavy atom. The van der Waals surface area contributed by atoms with E-state index in [9.17, 15) is 0 Å². The number of hydrogen-bond acceptors (Lipinski definition) is 3. The first-order chi connectivity index (χ1) is 9.52. The lowest BCUT2D eigenvalue weighted by Gasteiger charge is -2.22. The number of ether oxygens (including phenoxy) is 1. The SMILES string of the molecule is CCn1ncc(Cl)c1C(N)C(C)Oc1cccc(Cl)c1. The predicted molar refractivity (Wildman–Crippen MR) is 81.4 cm³/mol. The maximum absolute atomic E-state index is 6.24. The lowest BCUT2D eigenvalue weighted by molar-refractivity contribution is 0.186. The minimum Gasteiger partial charge on any atom is -0.489 e. The summed E-state index contributed by atoms with van der Waals surface area (Å²) in [6.07, 6.45) is 1.35. The second kappa shape index (κ2) is 6.48. The fourth-order valence-electron chi connectivity index (χ4n) is 2.01. The Labute approximate surface area is 128 Å². The van der Waals surface area contributed by atoms with Gasteiger partial charge in [-0.3, -0.25) is 4.68 Å². The molecule has 108 valence electrons. The predicted octanol–water partition coefficient (Wildman–Crippen LogP) is 3.68. The number of rotatable bonds is 5. The number of benzene rings is 1. The Balaban J connectivity index is 2.16. The summed E-state index contributed by atoms with van der Waals surface area (Å²) in [5.74, 6) is 0.680. The van der Waals surface area contributed by atoms with Crippen LogP contribution in [0.25, 0.3) is 0 Å². The van der Waals surface area contributed by atoms with Gasteiger partial charge in [0.2, 0.25) is 0 Å². The molecule has 2 rings (SSSR count). The lowest BCUT2D eigenvalue weighted by atomic mass is 10.1. The zero-order valence-electron chi connectivity index (χ0n) is 11.4. The van der Waals surface area contributed by atoms with Crippen molar-refractivity contribution in [1.82, 2.24) is 9.78 Å². The molecule has 1 aromatic carbocycles. The number of nitrogens with two attached hydrogens (primary N) is 1. The van der Waals surface area contributed by atoms with Crippen molar-refractivity contribution in [2.75, 3.05) is 0 Å². The topological polar surface area (TPSA) is 53.1 Å². The third-order valence-corrected chi connectivity index (χ3v) is 3.60. The van der Waals surface area contributed by atoms with Crippen LogP contribution in [0.5, 0.6) is 5.75 Å². The summed E-state index contributed by atoms with van der Waals surface area (Å²) in [6, 6.07) is 6.85. The second-order valence-electron chi connectivity index (χ2n) is 4.50. The van der Waals surface area contributed by atoms with Crippen LogP contribution in [0, 0.1) is 0 Å². The summed E-state index contributed by atoms with van der Waals surface area (Å²) >= 11 is 12.1. The van der Waals surface area contributed by atoms with Gasteiger partial charge in [-0.05, 0) is 32.0 Å². The van der Waals surface area contributed by atoms with Crippen LogP contribution in [-0.4, -0.2) is 15.9 Å². The number of aromatic nitrogens is 2. The summed E-state index contributed by atoms with van der Waals surface area (Å²) in [4.78, 5) is 0. The van der Waals surface area contributed by atoms with Gasteiger partial charge in [-0.1, -0.05) is 29.3 Å². The highest BCUT2D eigenvalue weighted by molar-refractivity contribution is 6.31. The third-order valence-electron chi connectivity index (χ3n) is 3.07. The van der Waals surface area contributed by atoms with Crippen LogP contribution in [0.3, 0.4) is 0 Å². The molecule has 0 amide bonds. The second-order valence-corrected chi connectivity index (χ2v) is 5.34. The van der Waals surface area contributed by atoms with Crippen molar-refractivity contribution in [3.63, 3.8) is 0 Å². The van der Waals surface area contributed by atoms with E-state index in [4.69, 9.17) is 33.7 Å². The molecule has 4 nitrogen and oxygen atoms in total. The zero-order chi connectivity index (χ0) is 14.7. The molecule has 2 N–H and O–H groups in total. The first-order valence-corrected chi connectivity index (χ1v) is 7.17. The number of aryl methyl sites for hydroxylation is 1. The van der Waals surface area contributed by atoms with Crippen LogP contribution < -0.4 is 10.5 Å². The van der Waals surface area contributed by atoms with Crippen molar-refractivity contribution < 1.29 is 4.74 Å². The van der Waals surface area contributed by atoms with Gasteiger partial charge in [-0.2, -0.15) is 5.10 Å². The highest BCUT2D eigenvalue weighted by atomic mass is 35.5.